The van der Waals surface area contributed by atoms with E-state index in [0.29, 0.717) is 38.2 Å². The van der Waals surface area contributed by atoms with Gasteiger partial charge in [-0.2, -0.15) is 0 Å². The summed E-state index contributed by atoms with van der Waals surface area (Å²) in [5.41, 5.74) is 0.217. The smallest absolute Gasteiger partial charge is 0.317 e. The van der Waals surface area contributed by atoms with E-state index in [4.69, 9.17) is 9.84 Å². The maximum atomic E-state index is 13.5. The van der Waals surface area contributed by atoms with Gasteiger partial charge in [0.15, 0.2) is 0 Å². The number of carbonyl (C=O) groups excluding carboxylic acids is 1. The van der Waals surface area contributed by atoms with Crippen LogP contribution in [0, 0.1) is 5.82 Å². The van der Waals surface area contributed by atoms with Crippen LogP contribution in [-0.4, -0.2) is 66.1 Å². The maximum absolute atomic E-state index is 13.5. The lowest BCUT2D eigenvalue weighted by atomic mass is 10.0. The number of carbonyl (C=O) groups is 2. The number of benzene rings is 1. The van der Waals surface area contributed by atoms with Gasteiger partial charge in [-0.1, -0.05) is 6.92 Å². The first-order valence-corrected chi connectivity index (χ1v) is 8.05. The van der Waals surface area contributed by atoms with Gasteiger partial charge < -0.3 is 14.7 Å². The van der Waals surface area contributed by atoms with Crippen LogP contribution in [0.3, 0.4) is 0 Å². The highest BCUT2D eigenvalue weighted by atomic mass is 19.1. The van der Waals surface area contributed by atoms with E-state index in [1.165, 1.54) is 25.3 Å². The highest BCUT2D eigenvalue weighted by Gasteiger charge is 2.28. The zero-order valence-corrected chi connectivity index (χ0v) is 14.0. The predicted molar refractivity (Wildman–Crippen MR) is 86.8 cm³/mol. The van der Waals surface area contributed by atoms with Gasteiger partial charge in [-0.3, -0.25) is 14.5 Å². The summed E-state index contributed by atoms with van der Waals surface area (Å²) >= 11 is 0. The largest absolute Gasteiger partial charge is 0.496 e. The van der Waals surface area contributed by atoms with Gasteiger partial charge >= 0.3 is 5.97 Å². The lowest BCUT2D eigenvalue weighted by molar-refractivity contribution is -0.139. The molecule has 1 saturated heterocycles. The van der Waals surface area contributed by atoms with Crippen LogP contribution in [0.15, 0.2) is 18.2 Å². The van der Waals surface area contributed by atoms with Crippen LogP contribution in [0.2, 0.25) is 0 Å². The number of carboxylic acid groups (broad SMARTS) is 1. The first kappa shape index (κ1) is 18.2. The maximum Gasteiger partial charge on any atom is 0.317 e. The Kier molecular flexibility index (Phi) is 6.14. The Morgan fingerprint density at radius 1 is 1.38 bits per heavy atom. The molecule has 0 unspecified atom stereocenters. The van der Waals surface area contributed by atoms with E-state index in [1.807, 2.05) is 11.8 Å². The van der Waals surface area contributed by atoms with Crippen LogP contribution in [-0.2, 0) is 4.79 Å². The summed E-state index contributed by atoms with van der Waals surface area (Å²) in [6, 6.07) is 4.04. The third-order valence-electron chi connectivity index (χ3n) is 4.40. The standard InChI is InChI=1S/C17H23FN2O4/c1-3-19(11-16(21)22)13-6-8-20(9-7-13)17(23)14-10-12(18)4-5-15(14)24-2/h4-5,10,13H,3,6-9,11H2,1-2H3,(H,21,22). The third kappa shape index (κ3) is 4.23. The van der Waals surface area contributed by atoms with E-state index < -0.39 is 11.8 Å². The Balaban J connectivity index is 2.03. The van der Waals surface area contributed by atoms with Crippen molar-refractivity contribution >= 4 is 11.9 Å². The van der Waals surface area contributed by atoms with Crippen molar-refractivity contribution in [3.05, 3.63) is 29.6 Å². The summed E-state index contributed by atoms with van der Waals surface area (Å²) in [7, 11) is 1.45. The average molecular weight is 338 g/mol. The van der Waals surface area contributed by atoms with Gasteiger partial charge in [0.2, 0.25) is 0 Å². The number of hydrogen-bond donors (Lipinski definition) is 1. The highest BCUT2D eigenvalue weighted by molar-refractivity contribution is 5.97. The molecule has 0 aliphatic carbocycles. The molecular weight excluding hydrogens is 315 g/mol. The molecule has 1 aliphatic rings. The summed E-state index contributed by atoms with van der Waals surface area (Å²) in [6.45, 7) is 3.62. The van der Waals surface area contributed by atoms with E-state index >= 15 is 0 Å². The first-order chi connectivity index (χ1) is 11.5. The summed E-state index contributed by atoms with van der Waals surface area (Å²) < 4.78 is 18.6. The predicted octanol–water partition coefficient (Wildman–Crippen LogP) is 1.85. The molecule has 7 heteroatoms. The Bertz CT molecular complexity index is 600. The van der Waals surface area contributed by atoms with Crippen molar-refractivity contribution in [2.45, 2.75) is 25.8 Å². The van der Waals surface area contributed by atoms with Crippen molar-refractivity contribution in [3.63, 3.8) is 0 Å². The second-order valence-electron chi connectivity index (χ2n) is 5.82. The molecule has 1 heterocycles. The molecule has 0 atom stereocenters. The molecule has 24 heavy (non-hydrogen) atoms. The molecule has 1 aliphatic heterocycles. The van der Waals surface area contributed by atoms with Gasteiger partial charge in [0, 0.05) is 19.1 Å². The number of likely N-dealkylation sites (N-methyl/N-ethyl adjacent to an activating group) is 1. The second-order valence-corrected chi connectivity index (χ2v) is 5.82. The van der Waals surface area contributed by atoms with E-state index in [2.05, 4.69) is 0 Å². The Hall–Kier alpha value is -2.15. The molecule has 0 aromatic heterocycles. The SMILES string of the molecule is CCN(CC(=O)O)C1CCN(C(=O)c2cc(F)ccc2OC)CC1. The molecule has 0 bridgehead atoms. The quantitative estimate of drug-likeness (QED) is 0.857. The van der Waals surface area contributed by atoms with Gasteiger partial charge in [0.25, 0.3) is 5.91 Å². The topological polar surface area (TPSA) is 70.1 Å². The molecule has 132 valence electrons. The zero-order valence-electron chi connectivity index (χ0n) is 14.0. The average Bonchev–Trinajstić information content (AvgIpc) is 2.59. The number of halogens is 1. The van der Waals surface area contributed by atoms with E-state index in [0.717, 1.165) is 0 Å². The first-order valence-electron chi connectivity index (χ1n) is 8.05. The molecule has 1 aromatic carbocycles. The summed E-state index contributed by atoms with van der Waals surface area (Å²) in [5.74, 6) is -1.23. The van der Waals surface area contributed by atoms with Crippen molar-refractivity contribution in [3.8, 4) is 5.75 Å². The minimum absolute atomic E-state index is 0.00678. The van der Waals surface area contributed by atoms with Crippen LogP contribution in [0.1, 0.15) is 30.1 Å². The third-order valence-corrected chi connectivity index (χ3v) is 4.40. The minimum atomic E-state index is -0.847. The normalized spacial score (nSPS) is 15.6. The fraction of sp³-hybridized carbons (Fsp3) is 0.529. The van der Waals surface area contributed by atoms with Gasteiger partial charge in [-0.25, -0.2) is 4.39 Å². The molecule has 1 N–H and O–H groups in total. The van der Waals surface area contributed by atoms with Crippen LogP contribution < -0.4 is 4.74 Å². The number of ether oxygens (including phenoxy) is 1. The number of amides is 1. The van der Waals surface area contributed by atoms with E-state index in [1.54, 1.807) is 4.90 Å². The number of piperidine rings is 1. The molecule has 1 amide bonds. The van der Waals surface area contributed by atoms with Gasteiger partial charge in [0.1, 0.15) is 11.6 Å². The van der Waals surface area contributed by atoms with Crippen molar-refractivity contribution < 1.29 is 23.8 Å². The monoisotopic (exact) mass is 338 g/mol. The van der Waals surface area contributed by atoms with Gasteiger partial charge in [-0.05, 0) is 37.6 Å². The number of hydrogen-bond acceptors (Lipinski definition) is 4. The number of carboxylic acids is 1. The van der Waals surface area contributed by atoms with Gasteiger partial charge in [0.05, 0.1) is 19.2 Å². The summed E-state index contributed by atoms with van der Waals surface area (Å²) in [5, 5.41) is 8.96. The van der Waals surface area contributed by atoms with E-state index in [9.17, 15) is 14.0 Å². The number of methoxy groups -OCH3 is 1. The lowest BCUT2D eigenvalue weighted by Gasteiger charge is -2.37. The van der Waals surface area contributed by atoms with E-state index in [-0.39, 0.29) is 24.1 Å². The van der Waals surface area contributed by atoms with Crippen molar-refractivity contribution in [2.24, 2.45) is 0 Å². The Morgan fingerprint density at radius 3 is 2.58 bits per heavy atom. The molecule has 1 aromatic rings. The second kappa shape index (κ2) is 8.10. The molecule has 6 nitrogen and oxygen atoms in total. The van der Waals surface area contributed by atoms with Crippen LogP contribution in [0.4, 0.5) is 4.39 Å². The molecule has 1 fully saturated rings. The highest BCUT2D eigenvalue weighted by Crippen LogP contribution is 2.24. The molecule has 2 rings (SSSR count). The van der Waals surface area contributed by atoms with Crippen LogP contribution >= 0.6 is 0 Å². The number of likely N-dealkylation sites (tertiary alicyclic amines) is 1. The fourth-order valence-electron chi connectivity index (χ4n) is 3.12. The number of aliphatic carboxylic acids is 1. The number of rotatable bonds is 6. The van der Waals surface area contributed by atoms with Crippen molar-refractivity contribution in [1.29, 1.82) is 0 Å². The number of nitrogens with zero attached hydrogens (tertiary/aromatic N) is 2. The van der Waals surface area contributed by atoms with Crippen LogP contribution in [0.25, 0.3) is 0 Å². The van der Waals surface area contributed by atoms with Crippen molar-refractivity contribution in [2.75, 3.05) is 33.3 Å². The Labute approximate surface area is 140 Å². The minimum Gasteiger partial charge on any atom is -0.496 e. The lowest BCUT2D eigenvalue weighted by Crippen LogP contribution is -2.48. The summed E-state index contributed by atoms with van der Waals surface area (Å²) in [6.07, 6.45) is 1.40. The molecule has 0 saturated carbocycles. The van der Waals surface area contributed by atoms with Crippen LogP contribution in [0.5, 0.6) is 5.75 Å². The fourth-order valence-corrected chi connectivity index (χ4v) is 3.12. The zero-order chi connectivity index (χ0) is 17.7. The Morgan fingerprint density at radius 2 is 2.04 bits per heavy atom. The van der Waals surface area contributed by atoms with Crippen molar-refractivity contribution in [1.82, 2.24) is 9.80 Å². The molecular formula is C17H23FN2O4. The van der Waals surface area contributed by atoms with Gasteiger partial charge in [-0.15, -0.1) is 0 Å². The summed E-state index contributed by atoms with van der Waals surface area (Å²) in [4.78, 5) is 27.1. The molecule has 0 radical (unpaired) electrons. The molecule has 0 spiro atoms.